The molecule has 4 heteroatoms. The molecule has 0 amide bonds. The lowest BCUT2D eigenvalue weighted by Gasteiger charge is -2.05. The maximum Gasteiger partial charge on any atom is 0.325 e. The van der Waals surface area contributed by atoms with Crippen LogP contribution in [0.15, 0.2) is 24.3 Å². The third-order valence-electron chi connectivity index (χ3n) is 1.76. The van der Waals surface area contributed by atoms with Gasteiger partial charge in [0, 0.05) is 5.69 Å². The maximum atomic E-state index is 11.0. The highest BCUT2D eigenvalue weighted by atomic mass is 16.5. The predicted molar refractivity (Wildman–Crippen MR) is 56.3 cm³/mol. The van der Waals surface area contributed by atoms with Crippen LogP contribution in [0.1, 0.15) is 12.5 Å². The molecule has 0 aromatic heterocycles. The van der Waals surface area contributed by atoms with E-state index in [2.05, 4.69) is 5.32 Å². The number of ether oxygens (including phenoxy) is 1. The Morgan fingerprint density at radius 2 is 2.13 bits per heavy atom. The molecule has 0 spiro atoms. The quantitative estimate of drug-likeness (QED) is 0.755. The molecule has 0 radical (unpaired) electrons. The minimum absolute atomic E-state index is 0.139. The lowest BCUT2D eigenvalue weighted by atomic mass is 10.2. The Balaban J connectivity index is 2.45. The van der Waals surface area contributed by atoms with Crippen molar-refractivity contribution in [2.24, 2.45) is 0 Å². The van der Waals surface area contributed by atoms with E-state index < -0.39 is 0 Å². The molecular formula is C11H12N2O2. The van der Waals surface area contributed by atoms with Crippen LogP contribution in [0.3, 0.4) is 0 Å². The largest absolute Gasteiger partial charge is 0.465 e. The van der Waals surface area contributed by atoms with Crippen molar-refractivity contribution in [2.75, 3.05) is 18.5 Å². The minimum atomic E-state index is -0.290. The second-order valence-corrected chi connectivity index (χ2v) is 2.85. The maximum absolute atomic E-state index is 11.0. The highest BCUT2D eigenvalue weighted by Crippen LogP contribution is 2.07. The van der Waals surface area contributed by atoms with Crippen molar-refractivity contribution in [3.05, 3.63) is 29.8 Å². The summed E-state index contributed by atoms with van der Waals surface area (Å²) in [6.45, 7) is 2.28. The number of carbonyl (C=O) groups is 1. The van der Waals surface area contributed by atoms with E-state index in [1.165, 1.54) is 0 Å². The Bertz CT molecular complexity index is 365. The monoisotopic (exact) mass is 204 g/mol. The van der Waals surface area contributed by atoms with Gasteiger partial charge in [0.2, 0.25) is 0 Å². The lowest BCUT2D eigenvalue weighted by molar-refractivity contribution is -0.140. The van der Waals surface area contributed by atoms with Gasteiger partial charge in [-0.25, -0.2) is 0 Å². The molecular weight excluding hydrogens is 192 g/mol. The van der Waals surface area contributed by atoms with Crippen molar-refractivity contribution in [3.8, 4) is 6.07 Å². The van der Waals surface area contributed by atoms with Crippen LogP contribution in [-0.2, 0) is 9.53 Å². The number of anilines is 1. The summed E-state index contributed by atoms with van der Waals surface area (Å²) in [7, 11) is 0. The lowest BCUT2D eigenvalue weighted by Crippen LogP contribution is -2.16. The smallest absolute Gasteiger partial charge is 0.325 e. The van der Waals surface area contributed by atoms with Gasteiger partial charge in [0.05, 0.1) is 18.2 Å². The van der Waals surface area contributed by atoms with Gasteiger partial charge in [0.15, 0.2) is 0 Å². The molecule has 78 valence electrons. The number of esters is 1. The fourth-order valence-electron chi connectivity index (χ4n) is 1.05. The molecule has 0 unspecified atom stereocenters. The number of hydrogen-bond donors (Lipinski definition) is 1. The van der Waals surface area contributed by atoms with Gasteiger partial charge < -0.3 is 10.1 Å². The van der Waals surface area contributed by atoms with Gasteiger partial charge in [-0.15, -0.1) is 0 Å². The Labute approximate surface area is 88.5 Å². The first-order valence-electron chi connectivity index (χ1n) is 4.66. The molecule has 0 aliphatic rings. The van der Waals surface area contributed by atoms with Gasteiger partial charge in [-0.3, -0.25) is 4.79 Å². The third-order valence-corrected chi connectivity index (χ3v) is 1.76. The van der Waals surface area contributed by atoms with Gasteiger partial charge in [-0.2, -0.15) is 5.26 Å². The van der Waals surface area contributed by atoms with Crippen LogP contribution in [0.25, 0.3) is 0 Å². The molecule has 1 rings (SSSR count). The van der Waals surface area contributed by atoms with Gasteiger partial charge in [-0.05, 0) is 31.2 Å². The van der Waals surface area contributed by atoms with Crippen molar-refractivity contribution < 1.29 is 9.53 Å². The van der Waals surface area contributed by atoms with Crippen LogP contribution in [0.5, 0.6) is 0 Å². The van der Waals surface area contributed by atoms with E-state index in [1.54, 1.807) is 31.2 Å². The first-order valence-corrected chi connectivity index (χ1v) is 4.66. The standard InChI is InChI=1S/C11H12N2O2/c1-2-15-11(14)8-13-10-5-3-9(7-12)4-6-10/h3-6,13H,2,8H2,1H3. The van der Waals surface area contributed by atoms with Crippen molar-refractivity contribution in [1.82, 2.24) is 0 Å². The van der Waals surface area contributed by atoms with E-state index in [-0.39, 0.29) is 12.5 Å². The summed E-state index contributed by atoms with van der Waals surface area (Å²) < 4.78 is 4.75. The van der Waals surface area contributed by atoms with Crippen LogP contribution in [0, 0.1) is 11.3 Å². The highest BCUT2D eigenvalue weighted by molar-refractivity contribution is 5.74. The van der Waals surface area contributed by atoms with E-state index in [1.807, 2.05) is 6.07 Å². The van der Waals surface area contributed by atoms with Crippen LogP contribution >= 0.6 is 0 Å². The molecule has 0 aliphatic carbocycles. The number of carbonyl (C=O) groups excluding carboxylic acids is 1. The summed E-state index contributed by atoms with van der Waals surface area (Å²) in [5, 5.41) is 11.5. The molecule has 0 saturated carbocycles. The van der Waals surface area contributed by atoms with Crippen molar-refractivity contribution in [1.29, 1.82) is 5.26 Å². The summed E-state index contributed by atoms with van der Waals surface area (Å²) in [6.07, 6.45) is 0. The summed E-state index contributed by atoms with van der Waals surface area (Å²) in [5.41, 5.74) is 1.39. The van der Waals surface area contributed by atoms with E-state index in [0.717, 1.165) is 5.69 Å². The first kappa shape index (κ1) is 11.1. The zero-order valence-electron chi connectivity index (χ0n) is 8.49. The molecule has 0 fully saturated rings. The molecule has 0 saturated heterocycles. The average molecular weight is 204 g/mol. The number of nitrogens with one attached hydrogen (secondary N) is 1. The Hall–Kier alpha value is -2.02. The highest BCUT2D eigenvalue weighted by Gasteiger charge is 2.00. The fraction of sp³-hybridized carbons (Fsp3) is 0.273. The summed E-state index contributed by atoms with van der Waals surface area (Å²) in [5.74, 6) is -0.290. The van der Waals surface area contributed by atoms with Crippen molar-refractivity contribution in [3.63, 3.8) is 0 Å². The predicted octanol–water partition coefficient (Wildman–Crippen LogP) is 1.53. The number of hydrogen-bond acceptors (Lipinski definition) is 4. The molecule has 0 bridgehead atoms. The Kier molecular flexibility index (Phi) is 4.17. The van der Waals surface area contributed by atoms with E-state index in [0.29, 0.717) is 12.2 Å². The van der Waals surface area contributed by atoms with E-state index in [4.69, 9.17) is 10.00 Å². The molecule has 1 N–H and O–H groups in total. The van der Waals surface area contributed by atoms with Gasteiger partial charge in [0.25, 0.3) is 0 Å². The molecule has 1 aromatic rings. The van der Waals surface area contributed by atoms with E-state index >= 15 is 0 Å². The Morgan fingerprint density at radius 3 is 2.67 bits per heavy atom. The normalized spacial score (nSPS) is 9.07. The second-order valence-electron chi connectivity index (χ2n) is 2.85. The summed E-state index contributed by atoms with van der Waals surface area (Å²) >= 11 is 0. The number of nitrogens with zero attached hydrogens (tertiary/aromatic N) is 1. The number of benzene rings is 1. The second kappa shape index (κ2) is 5.66. The van der Waals surface area contributed by atoms with Crippen molar-refractivity contribution >= 4 is 11.7 Å². The molecule has 4 nitrogen and oxygen atoms in total. The zero-order chi connectivity index (χ0) is 11.1. The summed E-state index contributed by atoms with van der Waals surface area (Å²) in [4.78, 5) is 11.0. The summed E-state index contributed by atoms with van der Waals surface area (Å²) in [6, 6.07) is 8.89. The Morgan fingerprint density at radius 1 is 1.47 bits per heavy atom. The zero-order valence-corrected chi connectivity index (χ0v) is 8.49. The minimum Gasteiger partial charge on any atom is -0.465 e. The molecule has 15 heavy (non-hydrogen) atoms. The van der Waals surface area contributed by atoms with Crippen LogP contribution in [-0.4, -0.2) is 19.1 Å². The SMILES string of the molecule is CCOC(=O)CNc1ccc(C#N)cc1. The van der Waals surface area contributed by atoms with Gasteiger partial charge in [0.1, 0.15) is 6.54 Å². The third kappa shape index (κ3) is 3.69. The van der Waals surface area contributed by atoms with E-state index in [9.17, 15) is 4.79 Å². The first-order chi connectivity index (χ1) is 7.26. The van der Waals surface area contributed by atoms with Crippen molar-refractivity contribution in [2.45, 2.75) is 6.92 Å². The van der Waals surface area contributed by atoms with Crippen LogP contribution in [0.2, 0.25) is 0 Å². The molecule has 0 heterocycles. The molecule has 1 aromatic carbocycles. The van der Waals surface area contributed by atoms with Crippen LogP contribution < -0.4 is 5.32 Å². The van der Waals surface area contributed by atoms with Crippen LogP contribution in [0.4, 0.5) is 5.69 Å². The van der Waals surface area contributed by atoms with Gasteiger partial charge in [-0.1, -0.05) is 0 Å². The number of nitriles is 1. The number of rotatable bonds is 4. The topological polar surface area (TPSA) is 62.1 Å². The molecule has 0 aliphatic heterocycles. The average Bonchev–Trinajstić information content (AvgIpc) is 2.27. The molecule has 0 atom stereocenters. The fourth-order valence-corrected chi connectivity index (χ4v) is 1.05. The van der Waals surface area contributed by atoms with Gasteiger partial charge >= 0.3 is 5.97 Å².